The van der Waals surface area contributed by atoms with E-state index in [0.29, 0.717) is 5.91 Å². The van der Waals surface area contributed by atoms with Crippen LogP contribution in [0.25, 0.3) is 11.3 Å². The summed E-state index contributed by atoms with van der Waals surface area (Å²) in [5, 5.41) is 7.47. The van der Waals surface area contributed by atoms with Gasteiger partial charge in [-0.15, -0.1) is 0 Å². The molecule has 2 aromatic rings. The number of amides is 1. The zero-order valence-electron chi connectivity index (χ0n) is 15.6. The highest BCUT2D eigenvalue weighted by Crippen LogP contribution is 2.20. The number of unbranched alkanes of at least 4 members (excludes halogenated alkanes) is 2. The van der Waals surface area contributed by atoms with Crippen molar-refractivity contribution in [2.24, 2.45) is 5.92 Å². The second-order valence-corrected chi connectivity index (χ2v) is 7.14. The van der Waals surface area contributed by atoms with Crippen molar-refractivity contribution in [3.63, 3.8) is 0 Å². The number of rotatable bonds is 8. The summed E-state index contributed by atoms with van der Waals surface area (Å²) in [6, 6.07) is 12.1. The molecule has 26 heavy (non-hydrogen) atoms. The fourth-order valence-corrected chi connectivity index (χ4v) is 3.49. The fraction of sp³-hybridized carbons (Fsp3) is 0.524. The molecule has 140 valence electrons. The maximum Gasteiger partial charge on any atom is 0.225 e. The monoisotopic (exact) mass is 355 g/mol. The number of aromatic nitrogens is 1. The minimum Gasteiger partial charge on any atom is -0.361 e. The number of hydrogen-bond acceptors (Lipinski definition) is 4. The molecular formula is C21H29N3O2. The topological polar surface area (TPSA) is 58.4 Å². The summed E-state index contributed by atoms with van der Waals surface area (Å²) in [4.78, 5) is 14.3. The van der Waals surface area contributed by atoms with Crippen molar-refractivity contribution < 1.29 is 9.32 Å². The molecule has 0 saturated carbocycles. The number of piperidine rings is 1. The Bertz CT molecular complexity index is 678. The second kappa shape index (κ2) is 9.53. The molecule has 0 spiro atoms. The van der Waals surface area contributed by atoms with Crippen LogP contribution >= 0.6 is 0 Å². The molecule has 5 nitrogen and oxygen atoms in total. The molecular weight excluding hydrogens is 326 g/mol. The van der Waals surface area contributed by atoms with Crippen molar-refractivity contribution in [3.05, 3.63) is 42.2 Å². The largest absolute Gasteiger partial charge is 0.361 e. The predicted molar refractivity (Wildman–Crippen MR) is 103 cm³/mol. The molecule has 3 rings (SSSR count). The molecule has 0 unspecified atom stereocenters. The maximum absolute atomic E-state index is 12.4. The average Bonchev–Trinajstić information content (AvgIpc) is 3.17. The van der Waals surface area contributed by atoms with E-state index in [1.807, 2.05) is 48.3 Å². The molecule has 0 radical (unpaired) electrons. The number of hydrogen-bond donors (Lipinski definition) is 1. The predicted octanol–water partition coefficient (Wildman–Crippen LogP) is 3.51. The first-order valence-corrected chi connectivity index (χ1v) is 9.71. The molecule has 1 aliphatic rings. The second-order valence-electron chi connectivity index (χ2n) is 7.14. The summed E-state index contributed by atoms with van der Waals surface area (Å²) >= 11 is 0. The van der Waals surface area contributed by atoms with Gasteiger partial charge in [-0.1, -0.05) is 41.9 Å². The Morgan fingerprint density at radius 2 is 1.96 bits per heavy atom. The van der Waals surface area contributed by atoms with Gasteiger partial charge < -0.3 is 14.7 Å². The number of carbonyl (C=O) groups excluding carboxylic acids is 1. The van der Waals surface area contributed by atoms with Crippen LogP contribution in [0, 0.1) is 5.92 Å². The van der Waals surface area contributed by atoms with Gasteiger partial charge in [0.1, 0.15) is 11.5 Å². The van der Waals surface area contributed by atoms with Gasteiger partial charge >= 0.3 is 0 Å². The third-order valence-corrected chi connectivity index (χ3v) is 5.11. The Kier molecular flexibility index (Phi) is 6.83. The summed E-state index contributed by atoms with van der Waals surface area (Å²) in [6.45, 7) is 2.77. The van der Waals surface area contributed by atoms with E-state index in [2.05, 4.69) is 10.5 Å². The van der Waals surface area contributed by atoms with Gasteiger partial charge in [-0.3, -0.25) is 4.79 Å². The Morgan fingerprint density at radius 1 is 1.19 bits per heavy atom. The summed E-state index contributed by atoms with van der Waals surface area (Å²) < 4.78 is 5.44. The van der Waals surface area contributed by atoms with Crippen LogP contribution in [-0.4, -0.2) is 42.6 Å². The van der Waals surface area contributed by atoms with E-state index in [4.69, 9.17) is 4.52 Å². The van der Waals surface area contributed by atoms with E-state index < -0.39 is 0 Å². The lowest BCUT2D eigenvalue weighted by Gasteiger charge is -2.26. The molecule has 2 heterocycles. The zero-order valence-corrected chi connectivity index (χ0v) is 15.6. The van der Waals surface area contributed by atoms with Crippen LogP contribution in [0.4, 0.5) is 0 Å². The van der Waals surface area contributed by atoms with Gasteiger partial charge in [0.25, 0.3) is 0 Å². The maximum atomic E-state index is 12.4. The van der Waals surface area contributed by atoms with Crippen LogP contribution in [0.3, 0.4) is 0 Å². The molecule has 0 bridgehead atoms. The number of benzene rings is 1. The van der Waals surface area contributed by atoms with Gasteiger partial charge in [-0.05, 0) is 38.8 Å². The first-order valence-electron chi connectivity index (χ1n) is 9.71. The van der Waals surface area contributed by atoms with Gasteiger partial charge in [0, 0.05) is 37.6 Å². The molecule has 1 aliphatic heterocycles. The van der Waals surface area contributed by atoms with Crippen LogP contribution in [0.5, 0.6) is 0 Å². The first-order chi connectivity index (χ1) is 12.7. The summed E-state index contributed by atoms with van der Waals surface area (Å²) in [7, 11) is 1.94. The van der Waals surface area contributed by atoms with E-state index >= 15 is 0 Å². The van der Waals surface area contributed by atoms with Crippen LogP contribution in [0.1, 0.15) is 37.9 Å². The van der Waals surface area contributed by atoms with E-state index in [-0.39, 0.29) is 5.92 Å². The number of carbonyl (C=O) groups is 1. The number of nitrogens with zero attached hydrogens (tertiary/aromatic N) is 2. The lowest BCUT2D eigenvalue weighted by molar-refractivity contribution is -0.135. The SMILES string of the molecule is CN(CCCCCc1cc(-c2ccccc2)no1)C(=O)C1CCNCC1. The Hall–Kier alpha value is -2.14. The van der Waals surface area contributed by atoms with Crippen molar-refractivity contribution >= 4 is 5.91 Å². The smallest absolute Gasteiger partial charge is 0.225 e. The molecule has 1 aromatic carbocycles. The van der Waals surface area contributed by atoms with Crippen LogP contribution in [0.15, 0.2) is 40.9 Å². The van der Waals surface area contributed by atoms with E-state index in [1.165, 1.54) is 0 Å². The van der Waals surface area contributed by atoms with Gasteiger partial charge in [0.15, 0.2) is 0 Å². The molecule has 1 fully saturated rings. The third kappa shape index (κ3) is 5.18. The molecule has 5 heteroatoms. The summed E-state index contributed by atoms with van der Waals surface area (Å²) in [5.74, 6) is 1.46. The molecule has 1 saturated heterocycles. The highest BCUT2D eigenvalue weighted by atomic mass is 16.5. The highest BCUT2D eigenvalue weighted by Gasteiger charge is 2.23. The van der Waals surface area contributed by atoms with E-state index in [9.17, 15) is 4.79 Å². The molecule has 1 amide bonds. The quantitative estimate of drug-likeness (QED) is 0.736. The van der Waals surface area contributed by atoms with E-state index in [0.717, 1.165) is 75.2 Å². The lowest BCUT2D eigenvalue weighted by atomic mass is 9.96. The van der Waals surface area contributed by atoms with Crippen LogP contribution in [-0.2, 0) is 11.2 Å². The van der Waals surface area contributed by atoms with Crippen LogP contribution in [0.2, 0.25) is 0 Å². The van der Waals surface area contributed by atoms with Gasteiger partial charge in [0.2, 0.25) is 5.91 Å². The van der Waals surface area contributed by atoms with Gasteiger partial charge in [-0.2, -0.15) is 0 Å². The molecule has 1 aromatic heterocycles. The minimum absolute atomic E-state index is 0.215. The molecule has 1 N–H and O–H groups in total. The Labute approximate surface area is 155 Å². The first kappa shape index (κ1) is 18.6. The average molecular weight is 355 g/mol. The van der Waals surface area contributed by atoms with Gasteiger partial charge in [0.05, 0.1) is 0 Å². The normalized spacial score (nSPS) is 15.1. The van der Waals surface area contributed by atoms with Gasteiger partial charge in [-0.25, -0.2) is 0 Å². The van der Waals surface area contributed by atoms with Crippen LogP contribution < -0.4 is 5.32 Å². The fourth-order valence-electron chi connectivity index (χ4n) is 3.49. The Morgan fingerprint density at radius 3 is 2.73 bits per heavy atom. The standard InChI is InChI=1S/C21H29N3O2/c1-24(21(25)18-11-13-22-14-12-18)15-7-3-6-10-19-16-20(23-26-19)17-8-4-2-5-9-17/h2,4-5,8-9,16,18,22H,3,6-7,10-15H2,1H3. The summed E-state index contributed by atoms with van der Waals surface area (Å²) in [6.07, 6.45) is 6.01. The van der Waals surface area contributed by atoms with Crippen molar-refractivity contribution in [1.82, 2.24) is 15.4 Å². The zero-order chi connectivity index (χ0) is 18.2. The van der Waals surface area contributed by atoms with Crippen molar-refractivity contribution in [3.8, 4) is 11.3 Å². The van der Waals surface area contributed by atoms with Crippen molar-refractivity contribution in [2.75, 3.05) is 26.7 Å². The molecule has 0 atom stereocenters. The molecule has 0 aliphatic carbocycles. The number of nitrogens with one attached hydrogen (secondary N) is 1. The Balaban J connectivity index is 1.34. The lowest BCUT2D eigenvalue weighted by Crippen LogP contribution is -2.39. The number of aryl methyl sites for hydroxylation is 1. The highest BCUT2D eigenvalue weighted by molar-refractivity contribution is 5.78. The third-order valence-electron chi connectivity index (χ3n) is 5.11. The van der Waals surface area contributed by atoms with Crippen molar-refractivity contribution in [1.29, 1.82) is 0 Å². The summed E-state index contributed by atoms with van der Waals surface area (Å²) in [5.41, 5.74) is 1.98. The van der Waals surface area contributed by atoms with E-state index in [1.54, 1.807) is 0 Å². The van der Waals surface area contributed by atoms with Crippen molar-refractivity contribution in [2.45, 2.75) is 38.5 Å². The minimum atomic E-state index is 0.215.